The fourth-order valence-electron chi connectivity index (χ4n) is 5.14. The lowest BCUT2D eigenvalue weighted by Crippen LogP contribution is -2.76. The van der Waals surface area contributed by atoms with Crippen molar-refractivity contribution in [3.63, 3.8) is 0 Å². The van der Waals surface area contributed by atoms with Gasteiger partial charge >= 0.3 is 0 Å². The van der Waals surface area contributed by atoms with E-state index >= 15 is 0 Å². The Hall–Kier alpha value is -3.38. The molecule has 6 aromatic rings. The van der Waals surface area contributed by atoms with Crippen LogP contribution in [0.4, 0.5) is 0 Å². The van der Waals surface area contributed by atoms with Crippen LogP contribution in [-0.4, -0.2) is 49.4 Å². The molecule has 0 fully saturated rings. The highest BCUT2D eigenvalue weighted by Crippen LogP contribution is 2.08. The van der Waals surface area contributed by atoms with Crippen LogP contribution in [0, 0.1) is 0 Å². The molecule has 0 aliphatic carbocycles. The summed E-state index contributed by atoms with van der Waals surface area (Å²) in [4.78, 5) is 0. The van der Waals surface area contributed by atoms with Crippen molar-refractivity contribution < 1.29 is 0 Å². The molecule has 0 amide bonds. The Morgan fingerprint density at radius 1 is 0.262 bits per heavy atom. The number of benzene rings is 6. The maximum atomic E-state index is 2.47. The molecule has 6 rings (SSSR count). The SMILES string of the molecule is c1ccc([Si][Si](c2ccccc2)[Si](c2ccccc2)[Si](c2ccccc2)[Si]([Si]c2ccccc2)c2ccccc2)cc1. The van der Waals surface area contributed by atoms with Crippen molar-refractivity contribution in [2.75, 3.05) is 0 Å². The molecule has 0 spiro atoms. The molecular formula is C36H30Si6. The zero-order valence-corrected chi connectivity index (χ0v) is 29.3. The van der Waals surface area contributed by atoms with Crippen molar-refractivity contribution in [2.45, 2.75) is 0 Å². The normalized spacial score (nSPS) is 11.4. The first kappa shape index (κ1) is 28.7. The van der Waals surface area contributed by atoms with Gasteiger partial charge in [-0.05, 0) is 0 Å². The average Bonchev–Trinajstić information content (AvgIpc) is 3.08. The summed E-state index contributed by atoms with van der Waals surface area (Å²) < 4.78 is 0. The molecule has 6 aromatic carbocycles. The van der Waals surface area contributed by atoms with E-state index in [0.717, 1.165) is 18.1 Å². The van der Waals surface area contributed by atoms with Gasteiger partial charge in [0.25, 0.3) is 0 Å². The van der Waals surface area contributed by atoms with Crippen molar-refractivity contribution >= 4 is 80.5 Å². The second-order valence-corrected chi connectivity index (χ2v) is 36.4. The molecule has 0 bridgehead atoms. The Bertz CT molecular complexity index is 1490. The van der Waals surface area contributed by atoms with Crippen LogP contribution < -0.4 is 31.1 Å². The Morgan fingerprint density at radius 3 is 0.786 bits per heavy atom. The Balaban J connectivity index is 1.59. The van der Waals surface area contributed by atoms with E-state index < -0.39 is 31.3 Å². The lowest BCUT2D eigenvalue weighted by molar-refractivity contribution is 1.75. The summed E-state index contributed by atoms with van der Waals surface area (Å²) in [5.74, 6) is 0. The van der Waals surface area contributed by atoms with Gasteiger partial charge in [0.05, 0.1) is 49.4 Å². The largest absolute Gasteiger partial charge is 0.0711 e. The first-order valence-corrected chi connectivity index (χ1v) is 27.2. The van der Waals surface area contributed by atoms with Crippen LogP contribution in [0.3, 0.4) is 0 Å². The van der Waals surface area contributed by atoms with Crippen molar-refractivity contribution in [3.8, 4) is 0 Å². The molecule has 0 aliphatic rings. The lowest BCUT2D eigenvalue weighted by Gasteiger charge is -2.36. The van der Waals surface area contributed by atoms with Crippen molar-refractivity contribution in [2.24, 2.45) is 0 Å². The summed E-state index contributed by atoms with van der Waals surface area (Å²) >= 11 is 0. The van der Waals surface area contributed by atoms with Gasteiger partial charge in [0, 0.05) is 0 Å². The summed E-state index contributed by atoms with van der Waals surface area (Å²) in [6.07, 6.45) is 0. The first-order chi connectivity index (χ1) is 20.9. The van der Waals surface area contributed by atoms with Crippen molar-refractivity contribution in [3.05, 3.63) is 182 Å². The van der Waals surface area contributed by atoms with Crippen LogP contribution in [0.5, 0.6) is 0 Å². The molecule has 0 saturated carbocycles. The lowest BCUT2D eigenvalue weighted by atomic mass is 10.4. The number of hydrogen-bond donors (Lipinski definition) is 0. The molecule has 0 heterocycles. The monoisotopic (exact) mass is 630 g/mol. The third-order valence-corrected chi connectivity index (χ3v) is 51.1. The van der Waals surface area contributed by atoms with Crippen LogP contribution in [0.15, 0.2) is 182 Å². The molecule has 0 atom stereocenters. The Morgan fingerprint density at radius 2 is 0.500 bits per heavy atom. The fourth-order valence-corrected chi connectivity index (χ4v) is 67.1. The molecule has 0 nitrogen and oxygen atoms in total. The molecule has 0 unspecified atom stereocenters. The zero-order chi connectivity index (χ0) is 28.4. The summed E-state index contributed by atoms with van der Waals surface area (Å²) in [5, 5.41) is 9.44. The predicted molar refractivity (Wildman–Crippen MR) is 191 cm³/mol. The highest BCUT2D eigenvalue weighted by Gasteiger charge is 2.43. The van der Waals surface area contributed by atoms with E-state index in [4.69, 9.17) is 0 Å². The quantitative estimate of drug-likeness (QED) is 0.193. The molecule has 198 valence electrons. The van der Waals surface area contributed by atoms with Gasteiger partial charge in [-0.3, -0.25) is 0 Å². The van der Waals surface area contributed by atoms with Crippen molar-refractivity contribution in [1.29, 1.82) is 0 Å². The maximum absolute atomic E-state index is 2.47. The van der Waals surface area contributed by atoms with Crippen LogP contribution in [0.2, 0.25) is 0 Å². The summed E-state index contributed by atoms with van der Waals surface area (Å²) in [5.41, 5.74) is 0. The zero-order valence-electron chi connectivity index (χ0n) is 23.3. The number of hydrogen-bond acceptors (Lipinski definition) is 0. The van der Waals surface area contributed by atoms with Crippen molar-refractivity contribution in [1.82, 2.24) is 0 Å². The van der Waals surface area contributed by atoms with Gasteiger partial charge < -0.3 is 0 Å². The maximum Gasteiger partial charge on any atom is 0.0711 e. The van der Waals surface area contributed by atoms with E-state index in [2.05, 4.69) is 182 Å². The van der Waals surface area contributed by atoms with Gasteiger partial charge in [-0.2, -0.15) is 0 Å². The molecule has 0 saturated heterocycles. The fraction of sp³-hybridized carbons (Fsp3) is 0. The van der Waals surface area contributed by atoms with Gasteiger partial charge in [0.15, 0.2) is 0 Å². The van der Waals surface area contributed by atoms with Gasteiger partial charge in [-0.15, -0.1) is 0 Å². The van der Waals surface area contributed by atoms with Crippen LogP contribution in [-0.2, 0) is 0 Å². The first-order valence-electron chi connectivity index (χ1n) is 14.2. The van der Waals surface area contributed by atoms with Gasteiger partial charge in [0.2, 0.25) is 0 Å². The minimum Gasteiger partial charge on any atom is -0.0674 e. The smallest absolute Gasteiger partial charge is 0.0674 e. The van der Waals surface area contributed by atoms with Gasteiger partial charge in [0.1, 0.15) is 0 Å². The minimum atomic E-state index is -0.998. The Labute approximate surface area is 261 Å². The topological polar surface area (TPSA) is 0 Å². The molecule has 6 heteroatoms. The van der Waals surface area contributed by atoms with E-state index in [0.29, 0.717) is 0 Å². The molecule has 0 aliphatic heterocycles. The average molecular weight is 631 g/mol. The van der Waals surface area contributed by atoms with Gasteiger partial charge in [-0.25, -0.2) is 0 Å². The molecule has 42 heavy (non-hydrogen) atoms. The summed E-state index contributed by atoms with van der Waals surface area (Å²) in [6.45, 7) is 0. The molecule has 0 aromatic heterocycles. The highest BCUT2D eigenvalue weighted by atomic mass is 29.9. The van der Waals surface area contributed by atoms with E-state index in [1.54, 1.807) is 20.7 Å². The molecule has 8 radical (unpaired) electrons. The second kappa shape index (κ2) is 14.7. The third kappa shape index (κ3) is 7.15. The molecular weight excluding hydrogens is 601 g/mol. The van der Waals surface area contributed by atoms with Crippen LogP contribution in [0.25, 0.3) is 0 Å². The van der Waals surface area contributed by atoms with Crippen LogP contribution in [0.1, 0.15) is 0 Å². The number of rotatable bonds is 11. The third-order valence-electron chi connectivity index (χ3n) is 7.09. The minimum absolute atomic E-state index is 0.827. The van der Waals surface area contributed by atoms with Gasteiger partial charge in [-0.1, -0.05) is 213 Å². The second-order valence-electron chi connectivity index (χ2n) is 9.95. The van der Waals surface area contributed by atoms with Crippen LogP contribution >= 0.6 is 0 Å². The predicted octanol–water partition coefficient (Wildman–Crippen LogP) is 2.88. The van der Waals surface area contributed by atoms with E-state index in [1.165, 1.54) is 10.4 Å². The summed E-state index contributed by atoms with van der Waals surface area (Å²) in [6, 6.07) is 69.3. The highest BCUT2D eigenvalue weighted by molar-refractivity contribution is 7.85. The van der Waals surface area contributed by atoms with E-state index in [-0.39, 0.29) is 0 Å². The van der Waals surface area contributed by atoms with E-state index in [1.807, 2.05) is 0 Å². The Kier molecular flexibility index (Phi) is 10.0. The summed E-state index contributed by atoms with van der Waals surface area (Å²) in [7, 11) is -2.24. The van der Waals surface area contributed by atoms with E-state index in [9.17, 15) is 0 Å². The molecule has 0 N–H and O–H groups in total. The standard InChI is InChI=1S/C36H30Si6/c1-7-19-31(20-8-1)37-39(33-23-11-3-12-24-33)41(35-27-15-5-16-28-35)42(36-29-17-6-18-30-36)40(34-25-13-4-14-26-34)38-32-21-9-2-10-22-32/h1-30H.